The van der Waals surface area contributed by atoms with Gasteiger partial charge in [0.2, 0.25) is 0 Å². The Bertz CT molecular complexity index is 615. The molecule has 1 unspecified atom stereocenters. The average molecular weight is 333 g/mol. The highest BCUT2D eigenvalue weighted by atomic mass is 32.1. The molecule has 124 valence electrons. The molecule has 0 saturated carbocycles. The fraction of sp³-hybridized carbons (Fsp3) is 0.389. The molecule has 0 saturated heterocycles. The molecule has 0 aliphatic rings. The van der Waals surface area contributed by atoms with Gasteiger partial charge >= 0.3 is 0 Å². The molecule has 0 aliphatic carbocycles. The lowest BCUT2D eigenvalue weighted by Gasteiger charge is -2.19. The summed E-state index contributed by atoms with van der Waals surface area (Å²) in [7, 11) is 0. The molecule has 23 heavy (non-hydrogen) atoms. The molecule has 5 heteroatoms. The minimum atomic E-state index is -0.684. The maximum absolute atomic E-state index is 11.8. The van der Waals surface area contributed by atoms with Gasteiger partial charge in [-0.1, -0.05) is 32.9 Å². The van der Waals surface area contributed by atoms with Crippen LogP contribution >= 0.6 is 11.3 Å². The second-order valence-corrected chi connectivity index (χ2v) is 7.22. The molecule has 2 N–H and O–H groups in total. The number of rotatable bonds is 6. The molecule has 0 aliphatic heterocycles. The van der Waals surface area contributed by atoms with Crippen molar-refractivity contribution in [2.24, 2.45) is 0 Å². The van der Waals surface area contributed by atoms with Crippen molar-refractivity contribution >= 4 is 17.2 Å². The van der Waals surface area contributed by atoms with Crippen LogP contribution in [0.15, 0.2) is 41.1 Å². The lowest BCUT2D eigenvalue weighted by atomic mass is 9.87. The summed E-state index contributed by atoms with van der Waals surface area (Å²) in [6, 6.07) is 9.60. The van der Waals surface area contributed by atoms with Crippen molar-refractivity contribution < 1.29 is 14.6 Å². The van der Waals surface area contributed by atoms with E-state index >= 15 is 0 Å². The Balaban J connectivity index is 1.76. The maximum Gasteiger partial charge on any atom is 0.258 e. The molecular formula is C18H23NO3S. The molecule has 1 amide bonds. The van der Waals surface area contributed by atoms with Gasteiger partial charge in [-0.2, -0.15) is 11.3 Å². The standard InChI is InChI=1S/C18H23NO3S/c1-18(2,3)14-4-6-15(7-5-14)22-11-17(21)19-10-16(20)13-8-9-23-12-13/h4-9,12,16,20H,10-11H2,1-3H3,(H,19,21). The molecule has 4 nitrogen and oxygen atoms in total. The highest BCUT2D eigenvalue weighted by Gasteiger charge is 2.13. The van der Waals surface area contributed by atoms with Crippen molar-refractivity contribution in [3.05, 3.63) is 52.2 Å². The lowest BCUT2D eigenvalue weighted by Crippen LogP contribution is -2.32. The predicted octanol–water partition coefficient (Wildman–Crippen LogP) is 3.27. The number of hydrogen-bond donors (Lipinski definition) is 2. The van der Waals surface area contributed by atoms with Gasteiger partial charge in [-0.3, -0.25) is 4.79 Å². The van der Waals surface area contributed by atoms with Crippen molar-refractivity contribution in [2.45, 2.75) is 32.3 Å². The second-order valence-electron chi connectivity index (χ2n) is 6.44. The van der Waals surface area contributed by atoms with E-state index in [1.54, 1.807) is 0 Å². The van der Waals surface area contributed by atoms with Crippen molar-refractivity contribution in [3.8, 4) is 5.75 Å². The summed E-state index contributed by atoms with van der Waals surface area (Å²) in [5.41, 5.74) is 2.12. The van der Waals surface area contributed by atoms with Gasteiger partial charge in [0.15, 0.2) is 6.61 Å². The van der Waals surface area contributed by atoms with Crippen LogP contribution in [0.2, 0.25) is 0 Å². The first-order chi connectivity index (χ1) is 10.9. The molecule has 0 bridgehead atoms. The van der Waals surface area contributed by atoms with Crippen LogP contribution in [0, 0.1) is 0 Å². The van der Waals surface area contributed by atoms with Crippen LogP contribution in [-0.2, 0) is 10.2 Å². The van der Waals surface area contributed by atoms with Gasteiger partial charge in [-0.05, 0) is 45.5 Å². The van der Waals surface area contributed by atoms with E-state index in [0.717, 1.165) is 5.56 Å². The molecule has 1 aromatic carbocycles. The molecule has 2 aromatic rings. The predicted molar refractivity (Wildman–Crippen MR) is 92.9 cm³/mol. The van der Waals surface area contributed by atoms with E-state index in [2.05, 4.69) is 26.1 Å². The summed E-state index contributed by atoms with van der Waals surface area (Å²) in [5, 5.41) is 16.3. The number of hydrogen-bond acceptors (Lipinski definition) is 4. The van der Waals surface area contributed by atoms with Gasteiger partial charge in [-0.15, -0.1) is 0 Å². The first-order valence-corrected chi connectivity index (χ1v) is 8.51. The Kier molecular flexibility index (Phi) is 5.80. The Labute approximate surface area is 141 Å². The Morgan fingerprint density at radius 2 is 1.96 bits per heavy atom. The highest BCUT2D eigenvalue weighted by Crippen LogP contribution is 2.24. The van der Waals surface area contributed by atoms with Crippen LogP contribution in [0.25, 0.3) is 0 Å². The third-order valence-electron chi connectivity index (χ3n) is 3.51. The van der Waals surface area contributed by atoms with Crippen molar-refractivity contribution in [1.82, 2.24) is 5.32 Å². The Morgan fingerprint density at radius 1 is 1.26 bits per heavy atom. The zero-order chi connectivity index (χ0) is 16.9. The zero-order valence-corrected chi connectivity index (χ0v) is 14.5. The number of benzene rings is 1. The third-order valence-corrected chi connectivity index (χ3v) is 4.21. The second kappa shape index (κ2) is 7.62. The van der Waals surface area contributed by atoms with Gasteiger partial charge in [-0.25, -0.2) is 0 Å². The minimum absolute atomic E-state index is 0.0643. The number of amides is 1. The zero-order valence-electron chi connectivity index (χ0n) is 13.7. The summed E-state index contributed by atoms with van der Waals surface area (Å²) in [4.78, 5) is 11.8. The number of thiophene rings is 1. The molecular weight excluding hydrogens is 310 g/mol. The van der Waals surface area contributed by atoms with Crippen LogP contribution in [0.3, 0.4) is 0 Å². The maximum atomic E-state index is 11.8. The monoisotopic (exact) mass is 333 g/mol. The number of aliphatic hydroxyl groups excluding tert-OH is 1. The van der Waals surface area contributed by atoms with E-state index in [-0.39, 0.29) is 24.5 Å². The largest absolute Gasteiger partial charge is 0.484 e. The van der Waals surface area contributed by atoms with Crippen LogP contribution in [0.1, 0.15) is 38.0 Å². The number of nitrogens with one attached hydrogen (secondary N) is 1. The quantitative estimate of drug-likeness (QED) is 0.853. The molecule has 0 fully saturated rings. The van der Waals surface area contributed by atoms with Crippen LogP contribution in [-0.4, -0.2) is 24.2 Å². The minimum Gasteiger partial charge on any atom is -0.484 e. The van der Waals surface area contributed by atoms with Crippen LogP contribution in [0.5, 0.6) is 5.75 Å². The number of carbonyl (C=O) groups is 1. The summed E-state index contributed by atoms with van der Waals surface area (Å²) in [6.45, 7) is 6.56. The van der Waals surface area contributed by atoms with Gasteiger partial charge in [0, 0.05) is 6.54 Å². The molecule has 0 radical (unpaired) electrons. The van der Waals surface area contributed by atoms with Crippen molar-refractivity contribution in [3.63, 3.8) is 0 Å². The van der Waals surface area contributed by atoms with Crippen molar-refractivity contribution in [1.29, 1.82) is 0 Å². The van der Waals surface area contributed by atoms with E-state index in [0.29, 0.717) is 5.75 Å². The van der Waals surface area contributed by atoms with Gasteiger partial charge in [0.05, 0.1) is 6.10 Å². The molecule has 2 rings (SSSR count). The molecule has 1 heterocycles. The van der Waals surface area contributed by atoms with E-state index < -0.39 is 6.10 Å². The summed E-state index contributed by atoms with van der Waals surface area (Å²) >= 11 is 1.52. The van der Waals surface area contributed by atoms with Crippen LogP contribution in [0.4, 0.5) is 0 Å². The Hall–Kier alpha value is -1.85. The van der Waals surface area contributed by atoms with Gasteiger partial charge in [0.1, 0.15) is 5.75 Å². The summed E-state index contributed by atoms with van der Waals surface area (Å²) in [6.07, 6.45) is -0.684. The van der Waals surface area contributed by atoms with E-state index in [9.17, 15) is 9.90 Å². The molecule has 0 spiro atoms. The SMILES string of the molecule is CC(C)(C)c1ccc(OCC(=O)NCC(O)c2ccsc2)cc1. The lowest BCUT2D eigenvalue weighted by molar-refractivity contribution is -0.123. The third kappa shape index (κ3) is 5.37. The smallest absolute Gasteiger partial charge is 0.258 e. The number of aliphatic hydroxyl groups is 1. The summed E-state index contributed by atoms with van der Waals surface area (Å²) < 4.78 is 5.47. The highest BCUT2D eigenvalue weighted by molar-refractivity contribution is 7.07. The molecule has 1 aromatic heterocycles. The van der Waals surface area contributed by atoms with Gasteiger partial charge < -0.3 is 15.2 Å². The fourth-order valence-electron chi connectivity index (χ4n) is 2.04. The van der Waals surface area contributed by atoms with Gasteiger partial charge in [0.25, 0.3) is 5.91 Å². The van der Waals surface area contributed by atoms with E-state index in [1.807, 2.05) is 41.1 Å². The Morgan fingerprint density at radius 3 is 2.52 bits per heavy atom. The average Bonchev–Trinajstić information content (AvgIpc) is 3.04. The van der Waals surface area contributed by atoms with Crippen LogP contribution < -0.4 is 10.1 Å². The first-order valence-electron chi connectivity index (χ1n) is 7.56. The van der Waals surface area contributed by atoms with E-state index in [4.69, 9.17) is 4.74 Å². The van der Waals surface area contributed by atoms with E-state index in [1.165, 1.54) is 16.9 Å². The normalized spacial score (nSPS) is 12.7. The molecule has 1 atom stereocenters. The first kappa shape index (κ1) is 17.5. The topological polar surface area (TPSA) is 58.6 Å². The number of ether oxygens (including phenoxy) is 1. The van der Waals surface area contributed by atoms with Crippen molar-refractivity contribution in [2.75, 3.05) is 13.2 Å². The fourth-order valence-corrected chi connectivity index (χ4v) is 2.75. The number of carbonyl (C=O) groups excluding carboxylic acids is 1. The summed E-state index contributed by atoms with van der Waals surface area (Å²) in [5.74, 6) is 0.408.